The van der Waals surface area contributed by atoms with E-state index in [0.717, 1.165) is 11.1 Å². The lowest BCUT2D eigenvalue weighted by Crippen LogP contribution is -1.92. The molecule has 3 aromatic rings. The topological polar surface area (TPSA) is 43.1 Å². The molecule has 0 spiro atoms. The maximum atomic E-state index is 6.12. The van der Waals surface area contributed by atoms with E-state index in [1.165, 1.54) is 0 Å². The molecule has 3 rings (SSSR count). The first-order valence-electron chi connectivity index (χ1n) is 5.28. The van der Waals surface area contributed by atoms with Gasteiger partial charge in [-0.15, -0.1) is 10.2 Å². The molecule has 2 aromatic heterocycles. The zero-order valence-corrected chi connectivity index (χ0v) is 10.9. The first kappa shape index (κ1) is 11.4. The molecule has 6 heteroatoms. The van der Waals surface area contributed by atoms with Crippen molar-refractivity contribution in [3.63, 3.8) is 0 Å². The van der Waals surface area contributed by atoms with Crippen LogP contribution in [0.5, 0.6) is 0 Å². The lowest BCUT2D eigenvalue weighted by atomic mass is 10.1. The van der Waals surface area contributed by atoms with E-state index in [-0.39, 0.29) is 0 Å². The third-order valence-corrected chi connectivity index (χ3v) is 3.38. The van der Waals surface area contributed by atoms with E-state index in [1.807, 2.05) is 25.1 Å². The minimum Gasteiger partial charge on any atom is -0.262 e. The second-order valence-electron chi connectivity index (χ2n) is 3.91. The van der Waals surface area contributed by atoms with Crippen LogP contribution in [0, 0.1) is 6.92 Å². The highest BCUT2D eigenvalue weighted by Gasteiger charge is 2.11. The van der Waals surface area contributed by atoms with Crippen molar-refractivity contribution in [3.8, 4) is 11.4 Å². The van der Waals surface area contributed by atoms with Crippen LogP contribution in [0.1, 0.15) is 5.56 Å². The Balaban J connectivity index is 2.28. The van der Waals surface area contributed by atoms with Crippen LogP contribution in [0.4, 0.5) is 0 Å². The average molecular weight is 279 g/mol. The van der Waals surface area contributed by atoms with Crippen molar-refractivity contribution in [2.45, 2.75) is 6.92 Å². The number of hydrogen-bond acceptors (Lipinski definition) is 3. The van der Waals surface area contributed by atoms with Gasteiger partial charge in [0.05, 0.1) is 12.4 Å². The van der Waals surface area contributed by atoms with Crippen LogP contribution in [0.15, 0.2) is 30.6 Å². The van der Waals surface area contributed by atoms with Crippen LogP contribution in [0.25, 0.3) is 17.0 Å². The number of benzene rings is 1. The number of fused-ring (bicyclic) bond motifs is 1. The van der Waals surface area contributed by atoms with Crippen LogP contribution < -0.4 is 0 Å². The average Bonchev–Trinajstić information content (AvgIpc) is 2.78. The second-order valence-corrected chi connectivity index (χ2v) is 4.71. The molecule has 0 amide bonds. The molecule has 0 aliphatic heterocycles. The molecular formula is C12H8Cl2N4. The minimum atomic E-state index is 0.462. The minimum absolute atomic E-state index is 0.462. The number of halogens is 2. The van der Waals surface area contributed by atoms with Gasteiger partial charge in [-0.25, -0.2) is 0 Å². The Bertz CT molecular complexity index is 736. The maximum Gasteiger partial charge on any atom is 0.180 e. The summed E-state index contributed by atoms with van der Waals surface area (Å²) in [6.45, 7) is 1.95. The first-order valence-corrected chi connectivity index (χ1v) is 6.03. The van der Waals surface area contributed by atoms with Crippen LogP contribution in [-0.2, 0) is 0 Å². The van der Waals surface area contributed by atoms with Crippen LogP contribution in [0.3, 0.4) is 0 Å². The van der Waals surface area contributed by atoms with Gasteiger partial charge in [0.1, 0.15) is 5.15 Å². The summed E-state index contributed by atoms with van der Waals surface area (Å²) in [4.78, 5) is 3.97. The van der Waals surface area contributed by atoms with Gasteiger partial charge < -0.3 is 0 Å². The van der Waals surface area contributed by atoms with Gasteiger partial charge in [0.2, 0.25) is 0 Å². The molecule has 1 aromatic carbocycles. The number of hydrogen-bond donors (Lipinski definition) is 0. The van der Waals surface area contributed by atoms with Crippen LogP contribution >= 0.6 is 23.2 Å². The van der Waals surface area contributed by atoms with Crippen molar-refractivity contribution in [2.24, 2.45) is 0 Å². The molecule has 0 fully saturated rings. The van der Waals surface area contributed by atoms with Crippen molar-refractivity contribution >= 4 is 28.8 Å². The first-order chi connectivity index (χ1) is 8.66. The van der Waals surface area contributed by atoms with E-state index in [9.17, 15) is 0 Å². The normalized spacial score (nSPS) is 11.1. The Morgan fingerprint density at radius 2 is 1.94 bits per heavy atom. The fourth-order valence-corrected chi connectivity index (χ4v) is 2.14. The van der Waals surface area contributed by atoms with E-state index in [4.69, 9.17) is 23.2 Å². The molecule has 2 heterocycles. The van der Waals surface area contributed by atoms with Crippen LogP contribution in [0.2, 0.25) is 10.2 Å². The van der Waals surface area contributed by atoms with Gasteiger partial charge in [-0.05, 0) is 18.6 Å². The highest BCUT2D eigenvalue weighted by Crippen LogP contribution is 2.26. The summed E-state index contributed by atoms with van der Waals surface area (Å²) in [5.41, 5.74) is 2.49. The Kier molecular flexibility index (Phi) is 2.69. The van der Waals surface area contributed by atoms with Gasteiger partial charge in [0, 0.05) is 10.6 Å². The maximum absolute atomic E-state index is 6.12. The van der Waals surface area contributed by atoms with Crippen molar-refractivity contribution in [1.82, 2.24) is 19.6 Å². The summed E-state index contributed by atoms with van der Waals surface area (Å²) in [5.74, 6) is 0.652. The van der Waals surface area contributed by atoms with Gasteiger partial charge in [-0.3, -0.25) is 9.38 Å². The fraction of sp³-hybridized carbons (Fsp3) is 0.0833. The summed E-state index contributed by atoms with van der Waals surface area (Å²) in [7, 11) is 0. The van der Waals surface area contributed by atoms with Gasteiger partial charge in [0.25, 0.3) is 0 Å². The molecule has 4 nitrogen and oxygen atoms in total. The molecule has 90 valence electrons. The molecule has 18 heavy (non-hydrogen) atoms. The van der Waals surface area contributed by atoms with E-state index < -0.39 is 0 Å². The third kappa shape index (κ3) is 1.74. The number of aryl methyl sites for hydroxylation is 1. The van der Waals surface area contributed by atoms with Gasteiger partial charge in [0.15, 0.2) is 11.5 Å². The lowest BCUT2D eigenvalue weighted by Gasteiger charge is -2.03. The van der Waals surface area contributed by atoms with E-state index in [2.05, 4.69) is 15.2 Å². The zero-order chi connectivity index (χ0) is 12.7. The highest BCUT2D eigenvalue weighted by atomic mass is 35.5. The molecular weight excluding hydrogens is 271 g/mol. The number of rotatable bonds is 1. The molecule has 0 bridgehead atoms. The molecule has 0 saturated carbocycles. The zero-order valence-electron chi connectivity index (χ0n) is 9.43. The predicted octanol–water partition coefficient (Wildman–Crippen LogP) is 3.41. The van der Waals surface area contributed by atoms with E-state index in [1.54, 1.807) is 16.8 Å². The molecule has 0 radical (unpaired) electrons. The van der Waals surface area contributed by atoms with Crippen molar-refractivity contribution in [2.75, 3.05) is 0 Å². The summed E-state index contributed by atoms with van der Waals surface area (Å²) < 4.78 is 1.73. The summed E-state index contributed by atoms with van der Waals surface area (Å²) >= 11 is 12.2. The number of nitrogens with zero attached hydrogens (tertiary/aromatic N) is 4. The molecule has 0 saturated heterocycles. The predicted molar refractivity (Wildman–Crippen MR) is 71.0 cm³/mol. The lowest BCUT2D eigenvalue weighted by molar-refractivity contribution is 1.11. The summed E-state index contributed by atoms with van der Waals surface area (Å²) in [6.07, 6.45) is 3.16. The molecule has 0 N–H and O–H groups in total. The van der Waals surface area contributed by atoms with E-state index >= 15 is 0 Å². The smallest absolute Gasteiger partial charge is 0.180 e. The Hall–Kier alpha value is -1.65. The van der Waals surface area contributed by atoms with Gasteiger partial charge in [-0.2, -0.15) is 0 Å². The van der Waals surface area contributed by atoms with Crippen LogP contribution in [-0.4, -0.2) is 19.6 Å². The standard InChI is InChI=1S/C12H8Cl2N4/c1-7-2-3-8(4-9(7)13)12-17-16-11-6-15-5-10(14)18(11)12/h2-6H,1H3. The highest BCUT2D eigenvalue weighted by molar-refractivity contribution is 6.31. The Morgan fingerprint density at radius 1 is 1.11 bits per heavy atom. The van der Waals surface area contributed by atoms with Crippen molar-refractivity contribution in [1.29, 1.82) is 0 Å². The Labute approximate surface area is 113 Å². The molecule has 0 unspecified atom stereocenters. The summed E-state index contributed by atoms with van der Waals surface area (Å²) in [5, 5.41) is 9.31. The largest absolute Gasteiger partial charge is 0.262 e. The third-order valence-electron chi connectivity index (χ3n) is 2.70. The quantitative estimate of drug-likeness (QED) is 0.685. The Morgan fingerprint density at radius 3 is 2.72 bits per heavy atom. The fourth-order valence-electron chi connectivity index (χ4n) is 1.73. The molecule has 0 aliphatic rings. The van der Waals surface area contributed by atoms with E-state index in [0.29, 0.717) is 21.6 Å². The van der Waals surface area contributed by atoms with Crippen molar-refractivity contribution in [3.05, 3.63) is 46.3 Å². The SMILES string of the molecule is Cc1ccc(-c2nnc3cncc(Cl)n23)cc1Cl. The summed E-state index contributed by atoms with van der Waals surface area (Å²) in [6, 6.07) is 5.73. The number of aromatic nitrogens is 4. The monoisotopic (exact) mass is 278 g/mol. The van der Waals surface area contributed by atoms with Gasteiger partial charge in [-0.1, -0.05) is 35.3 Å². The second kappa shape index (κ2) is 4.23. The molecule has 0 atom stereocenters. The molecule has 0 aliphatic carbocycles. The van der Waals surface area contributed by atoms with Crippen molar-refractivity contribution < 1.29 is 0 Å². The van der Waals surface area contributed by atoms with Gasteiger partial charge >= 0.3 is 0 Å².